The first-order valence-corrected chi connectivity index (χ1v) is 6.01. The monoisotopic (exact) mass is 224 g/mol. The Morgan fingerprint density at radius 1 is 1.00 bits per heavy atom. The third-order valence-corrected chi connectivity index (χ3v) is 3.39. The first kappa shape index (κ1) is 10.4. The van der Waals surface area contributed by atoms with Crippen molar-refractivity contribution >= 4 is 5.69 Å². The van der Waals surface area contributed by atoms with E-state index in [1.807, 2.05) is 0 Å². The van der Waals surface area contributed by atoms with Crippen LogP contribution in [0.5, 0.6) is 0 Å². The van der Waals surface area contributed by atoms with E-state index in [4.69, 9.17) is 5.73 Å². The zero-order chi connectivity index (χ0) is 11.7. The van der Waals surface area contributed by atoms with Crippen LogP contribution in [-0.2, 0) is 6.42 Å². The summed E-state index contributed by atoms with van der Waals surface area (Å²) in [4.78, 5) is 0. The molecule has 2 nitrogen and oxygen atoms in total. The first-order chi connectivity index (χ1) is 8.38. The van der Waals surface area contributed by atoms with E-state index in [1.165, 1.54) is 22.4 Å². The molecule has 0 saturated heterocycles. The molecule has 0 unspecified atom stereocenters. The number of benzene rings is 2. The van der Waals surface area contributed by atoms with Gasteiger partial charge in [0.05, 0.1) is 6.04 Å². The van der Waals surface area contributed by atoms with Gasteiger partial charge in [-0.3, -0.25) is 0 Å². The molecule has 2 aromatic carbocycles. The van der Waals surface area contributed by atoms with Crippen LogP contribution in [0, 0.1) is 0 Å². The Kier molecular flexibility index (Phi) is 2.57. The van der Waals surface area contributed by atoms with Crippen LogP contribution in [0.25, 0.3) is 0 Å². The van der Waals surface area contributed by atoms with Gasteiger partial charge in [-0.05, 0) is 29.2 Å². The second kappa shape index (κ2) is 4.22. The van der Waals surface area contributed by atoms with Gasteiger partial charge in [-0.15, -0.1) is 0 Å². The molecule has 0 spiro atoms. The van der Waals surface area contributed by atoms with Crippen LogP contribution in [0.4, 0.5) is 5.69 Å². The van der Waals surface area contributed by atoms with Gasteiger partial charge in [-0.2, -0.15) is 0 Å². The van der Waals surface area contributed by atoms with Crippen molar-refractivity contribution in [2.75, 3.05) is 11.9 Å². The fourth-order valence-electron chi connectivity index (χ4n) is 2.51. The van der Waals surface area contributed by atoms with Gasteiger partial charge in [0, 0.05) is 12.2 Å². The van der Waals surface area contributed by atoms with Crippen molar-refractivity contribution in [1.82, 2.24) is 0 Å². The predicted octanol–water partition coefficient (Wildman–Crippen LogP) is 2.70. The molecular weight excluding hydrogens is 208 g/mol. The second-order valence-corrected chi connectivity index (χ2v) is 4.47. The third kappa shape index (κ3) is 1.81. The Hall–Kier alpha value is -1.80. The molecule has 2 heteroatoms. The van der Waals surface area contributed by atoms with Crippen LogP contribution in [0.15, 0.2) is 48.5 Å². The lowest BCUT2D eigenvalue weighted by atomic mass is 9.97. The van der Waals surface area contributed by atoms with Crippen molar-refractivity contribution in [2.24, 2.45) is 5.73 Å². The molecule has 0 aliphatic carbocycles. The van der Waals surface area contributed by atoms with Crippen LogP contribution in [0.3, 0.4) is 0 Å². The molecule has 0 saturated carbocycles. The average molecular weight is 224 g/mol. The van der Waals surface area contributed by atoms with Crippen LogP contribution in [0.1, 0.15) is 22.7 Å². The summed E-state index contributed by atoms with van der Waals surface area (Å²) in [5, 5.41) is 3.54. The topological polar surface area (TPSA) is 38.0 Å². The Morgan fingerprint density at radius 3 is 2.53 bits per heavy atom. The van der Waals surface area contributed by atoms with Crippen molar-refractivity contribution in [3.63, 3.8) is 0 Å². The summed E-state index contributed by atoms with van der Waals surface area (Å²) in [5.41, 5.74) is 11.1. The minimum atomic E-state index is 0.217. The van der Waals surface area contributed by atoms with E-state index in [2.05, 4.69) is 53.8 Å². The van der Waals surface area contributed by atoms with Crippen molar-refractivity contribution in [1.29, 1.82) is 0 Å². The SMILES string of the molecule is NC[C@@H]1Nc2ccccc2Cc2ccccc21. The largest absolute Gasteiger partial charge is 0.377 e. The predicted molar refractivity (Wildman–Crippen MR) is 71.1 cm³/mol. The van der Waals surface area contributed by atoms with Crippen LogP contribution >= 0.6 is 0 Å². The number of hydrogen-bond donors (Lipinski definition) is 2. The number of nitrogens with two attached hydrogens (primary N) is 1. The maximum absolute atomic E-state index is 5.88. The number of fused-ring (bicyclic) bond motifs is 2. The van der Waals surface area contributed by atoms with Gasteiger partial charge >= 0.3 is 0 Å². The molecule has 3 N–H and O–H groups in total. The minimum absolute atomic E-state index is 0.217. The van der Waals surface area contributed by atoms with Crippen LogP contribution in [0.2, 0.25) is 0 Å². The molecule has 17 heavy (non-hydrogen) atoms. The van der Waals surface area contributed by atoms with E-state index in [1.54, 1.807) is 0 Å². The molecule has 0 radical (unpaired) electrons. The zero-order valence-electron chi connectivity index (χ0n) is 9.69. The van der Waals surface area contributed by atoms with Gasteiger partial charge < -0.3 is 11.1 Å². The average Bonchev–Trinajstić information content (AvgIpc) is 2.54. The maximum atomic E-state index is 5.88. The lowest BCUT2D eigenvalue weighted by Gasteiger charge is -2.18. The molecule has 3 rings (SSSR count). The molecule has 0 amide bonds. The maximum Gasteiger partial charge on any atom is 0.0639 e. The normalized spacial score (nSPS) is 17.6. The van der Waals surface area contributed by atoms with Gasteiger partial charge in [0.1, 0.15) is 0 Å². The van der Waals surface area contributed by atoms with E-state index in [-0.39, 0.29) is 6.04 Å². The minimum Gasteiger partial charge on any atom is -0.377 e. The summed E-state index contributed by atoms with van der Waals surface area (Å²) in [6, 6.07) is 17.2. The highest BCUT2D eigenvalue weighted by Gasteiger charge is 2.19. The summed E-state index contributed by atoms with van der Waals surface area (Å²) in [7, 11) is 0. The molecule has 1 aliphatic heterocycles. The van der Waals surface area contributed by atoms with Crippen molar-refractivity contribution in [2.45, 2.75) is 12.5 Å². The standard InChI is InChI=1S/C15H16N2/c16-10-15-13-7-3-1-5-11(13)9-12-6-2-4-8-14(12)17-15/h1-8,15,17H,9-10,16H2/t15-/m0/s1. The van der Waals surface area contributed by atoms with Crippen molar-refractivity contribution in [3.05, 3.63) is 65.2 Å². The molecule has 0 bridgehead atoms. The first-order valence-electron chi connectivity index (χ1n) is 6.01. The molecule has 1 aliphatic rings. The van der Waals surface area contributed by atoms with Gasteiger partial charge in [0.2, 0.25) is 0 Å². The summed E-state index contributed by atoms with van der Waals surface area (Å²) in [6.45, 7) is 0.616. The van der Waals surface area contributed by atoms with Crippen molar-refractivity contribution < 1.29 is 0 Å². The summed E-state index contributed by atoms with van der Waals surface area (Å²) in [5.74, 6) is 0. The fourth-order valence-corrected chi connectivity index (χ4v) is 2.51. The van der Waals surface area contributed by atoms with Gasteiger partial charge in [-0.1, -0.05) is 42.5 Å². The van der Waals surface area contributed by atoms with E-state index in [0.717, 1.165) is 6.42 Å². The van der Waals surface area contributed by atoms with Crippen LogP contribution < -0.4 is 11.1 Å². The molecule has 86 valence electrons. The van der Waals surface area contributed by atoms with Gasteiger partial charge in [-0.25, -0.2) is 0 Å². The number of anilines is 1. The highest BCUT2D eigenvalue weighted by molar-refractivity contribution is 5.57. The van der Waals surface area contributed by atoms with E-state index < -0.39 is 0 Å². The third-order valence-electron chi connectivity index (χ3n) is 3.39. The number of hydrogen-bond acceptors (Lipinski definition) is 2. The van der Waals surface area contributed by atoms with E-state index >= 15 is 0 Å². The number of rotatable bonds is 1. The molecule has 1 atom stereocenters. The Balaban J connectivity index is 2.13. The second-order valence-electron chi connectivity index (χ2n) is 4.47. The highest BCUT2D eigenvalue weighted by atomic mass is 14.9. The lowest BCUT2D eigenvalue weighted by molar-refractivity contribution is 0.788. The fraction of sp³-hybridized carbons (Fsp3) is 0.200. The molecule has 0 fully saturated rings. The summed E-state index contributed by atoms with van der Waals surface area (Å²) >= 11 is 0. The van der Waals surface area contributed by atoms with E-state index in [9.17, 15) is 0 Å². The van der Waals surface area contributed by atoms with Gasteiger partial charge in [0.25, 0.3) is 0 Å². The number of nitrogens with one attached hydrogen (secondary N) is 1. The smallest absolute Gasteiger partial charge is 0.0639 e. The molecule has 0 aromatic heterocycles. The molecular formula is C15H16N2. The molecule has 1 heterocycles. The highest BCUT2D eigenvalue weighted by Crippen LogP contribution is 2.31. The summed E-state index contributed by atoms with van der Waals surface area (Å²) < 4.78 is 0. The van der Waals surface area contributed by atoms with E-state index in [0.29, 0.717) is 6.54 Å². The molecule has 2 aromatic rings. The Labute approximate surface area is 101 Å². The van der Waals surface area contributed by atoms with Crippen LogP contribution in [-0.4, -0.2) is 6.54 Å². The summed E-state index contributed by atoms with van der Waals surface area (Å²) in [6.07, 6.45) is 0.982. The Morgan fingerprint density at radius 2 is 1.71 bits per heavy atom. The number of para-hydroxylation sites is 1. The van der Waals surface area contributed by atoms with Gasteiger partial charge in [0.15, 0.2) is 0 Å². The Bertz CT molecular complexity index is 534. The zero-order valence-corrected chi connectivity index (χ0v) is 9.69. The lowest BCUT2D eigenvalue weighted by Crippen LogP contribution is -2.20. The quantitative estimate of drug-likeness (QED) is 0.781. The van der Waals surface area contributed by atoms with Crippen molar-refractivity contribution in [3.8, 4) is 0 Å².